The van der Waals surface area contributed by atoms with Gasteiger partial charge in [-0.1, -0.05) is 6.58 Å². The van der Waals surface area contributed by atoms with Crippen molar-refractivity contribution in [1.82, 2.24) is 0 Å². The van der Waals surface area contributed by atoms with E-state index >= 15 is 0 Å². The third kappa shape index (κ3) is 1.73. The van der Waals surface area contributed by atoms with Gasteiger partial charge in [-0.2, -0.15) is 8.78 Å². The van der Waals surface area contributed by atoms with Gasteiger partial charge in [0.1, 0.15) is 0 Å². The van der Waals surface area contributed by atoms with Crippen molar-refractivity contribution < 1.29 is 19.0 Å². The quantitative estimate of drug-likeness (QED) is 0.431. The summed E-state index contributed by atoms with van der Waals surface area (Å²) in [5.74, 6) is -3.58. The Balaban J connectivity index is 4.19. The van der Waals surface area contributed by atoms with Crippen molar-refractivity contribution in [2.75, 3.05) is 0 Å². The minimum atomic E-state index is -3.58. The van der Waals surface area contributed by atoms with Crippen molar-refractivity contribution in [3.8, 4) is 0 Å². The topological polar surface area (TPSA) is 40.5 Å². The second-order valence-corrected chi connectivity index (χ2v) is 1.78. The molecule has 2 nitrogen and oxygen atoms in total. The molecule has 0 bridgehead atoms. The number of aliphatic hydroxyl groups is 2. The maximum absolute atomic E-state index is 12.1. The van der Waals surface area contributed by atoms with E-state index < -0.39 is 17.8 Å². The number of hydrogen-bond donors (Lipinski definition) is 2. The summed E-state index contributed by atoms with van der Waals surface area (Å²) in [6, 6.07) is 0. The van der Waals surface area contributed by atoms with E-state index in [1.165, 1.54) is 0 Å². The first kappa shape index (κ1) is 8.52. The molecule has 4 heteroatoms. The van der Waals surface area contributed by atoms with Crippen LogP contribution in [0.5, 0.6) is 0 Å². The lowest BCUT2D eigenvalue weighted by Gasteiger charge is -2.17. The van der Waals surface area contributed by atoms with Crippen LogP contribution in [0.25, 0.3) is 0 Å². The monoisotopic (exact) mass is 138 g/mol. The third-order valence-electron chi connectivity index (χ3n) is 0.893. The molecule has 0 aliphatic carbocycles. The largest absolute Gasteiger partial charge is 0.363 e. The van der Waals surface area contributed by atoms with Crippen LogP contribution in [0.1, 0.15) is 6.92 Å². The molecule has 0 heterocycles. The molecule has 0 aromatic rings. The van der Waals surface area contributed by atoms with E-state index in [4.69, 9.17) is 10.2 Å². The fourth-order valence-corrected chi connectivity index (χ4v) is 0.220. The lowest BCUT2D eigenvalue weighted by atomic mass is 10.2. The Morgan fingerprint density at radius 2 is 1.89 bits per heavy atom. The van der Waals surface area contributed by atoms with Gasteiger partial charge in [0.05, 0.1) is 0 Å². The normalized spacial score (nSPS) is 12.2. The fraction of sp³-hybridized carbons (Fsp3) is 0.600. The van der Waals surface area contributed by atoms with E-state index in [0.717, 1.165) is 6.92 Å². The Bertz CT molecular complexity index is 120. The number of aliphatic hydroxyl groups excluding tert-OH is 1. The number of alkyl halides is 2. The molecular formula is C5H8F2O2. The summed E-state index contributed by atoms with van der Waals surface area (Å²) in [6.45, 7) is 3.91. The van der Waals surface area contributed by atoms with Crippen LogP contribution in [0.4, 0.5) is 8.78 Å². The van der Waals surface area contributed by atoms with Crippen molar-refractivity contribution in [3.05, 3.63) is 12.2 Å². The van der Waals surface area contributed by atoms with Crippen LogP contribution in [0.3, 0.4) is 0 Å². The molecule has 0 atom stereocenters. The summed E-state index contributed by atoms with van der Waals surface area (Å²) < 4.78 is 24.1. The molecule has 0 saturated carbocycles. The molecular weight excluding hydrogens is 130 g/mol. The Kier molecular flexibility index (Phi) is 2.28. The Morgan fingerprint density at radius 1 is 1.56 bits per heavy atom. The van der Waals surface area contributed by atoms with Gasteiger partial charge in [-0.3, -0.25) is 0 Å². The second-order valence-electron chi connectivity index (χ2n) is 1.78. The highest BCUT2D eigenvalue weighted by molar-refractivity contribution is 5.04. The summed E-state index contributed by atoms with van der Waals surface area (Å²) in [5, 5.41) is 16.0. The first-order chi connectivity index (χ1) is 3.89. The zero-order chi connectivity index (χ0) is 7.65. The first-order valence-electron chi connectivity index (χ1n) is 2.29. The molecule has 0 unspecified atom stereocenters. The van der Waals surface area contributed by atoms with Crippen molar-refractivity contribution in [3.63, 3.8) is 0 Å². The SMILES string of the molecule is C=C(C)C(F)(F)C(O)O. The van der Waals surface area contributed by atoms with Gasteiger partial charge in [-0.15, -0.1) is 0 Å². The number of halogens is 2. The number of hydrogen-bond acceptors (Lipinski definition) is 2. The van der Waals surface area contributed by atoms with E-state index in [9.17, 15) is 8.78 Å². The van der Waals surface area contributed by atoms with Crippen LogP contribution in [-0.2, 0) is 0 Å². The van der Waals surface area contributed by atoms with Gasteiger partial charge in [0, 0.05) is 0 Å². The standard InChI is InChI=1S/C5H8F2O2/c1-3(2)5(6,7)4(8)9/h4,8-9H,1H2,2H3. The van der Waals surface area contributed by atoms with Gasteiger partial charge >= 0.3 is 5.92 Å². The molecule has 0 amide bonds. The van der Waals surface area contributed by atoms with Crippen LogP contribution in [0.2, 0.25) is 0 Å². The van der Waals surface area contributed by atoms with Crippen molar-refractivity contribution >= 4 is 0 Å². The maximum Gasteiger partial charge on any atom is 0.318 e. The average Bonchev–Trinajstić information content (AvgIpc) is 1.65. The first-order valence-corrected chi connectivity index (χ1v) is 2.29. The van der Waals surface area contributed by atoms with Crippen LogP contribution in [-0.4, -0.2) is 22.4 Å². The fourth-order valence-electron chi connectivity index (χ4n) is 0.220. The lowest BCUT2D eigenvalue weighted by Crippen LogP contribution is -2.33. The van der Waals surface area contributed by atoms with E-state index in [-0.39, 0.29) is 0 Å². The van der Waals surface area contributed by atoms with Gasteiger partial charge in [0.2, 0.25) is 6.29 Å². The third-order valence-corrected chi connectivity index (χ3v) is 0.893. The van der Waals surface area contributed by atoms with E-state index in [1.54, 1.807) is 0 Å². The smallest absolute Gasteiger partial charge is 0.318 e. The highest BCUT2D eigenvalue weighted by atomic mass is 19.3. The summed E-state index contributed by atoms with van der Waals surface area (Å²) in [4.78, 5) is 0. The van der Waals surface area contributed by atoms with Gasteiger partial charge in [0.25, 0.3) is 0 Å². The van der Waals surface area contributed by atoms with Crippen LogP contribution >= 0.6 is 0 Å². The molecule has 0 rings (SSSR count). The molecule has 0 radical (unpaired) electrons. The van der Waals surface area contributed by atoms with E-state index in [0.29, 0.717) is 0 Å². The maximum atomic E-state index is 12.1. The van der Waals surface area contributed by atoms with Gasteiger partial charge < -0.3 is 10.2 Å². The Morgan fingerprint density at radius 3 is 1.89 bits per heavy atom. The van der Waals surface area contributed by atoms with Gasteiger partial charge in [-0.25, -0.2) is 0 Å². The van der Waals surface area contributed by atoms with Crippen molar-refractivity contribution in [1.29, 1.82) is 0 Å². The summed E-state index contributed by atoms with van der Waals surface area (Å²) in [5.41, 5.74) is -0.558. The molecule has 0 fully saturated rings. The lowest BCUT2D eigenvalue weighted by molar-refractivity contribution is -0.187. The van der Waals surface area contributed by atoms with Crippen LogP contribution in [0.15, 0.2) is 12.2 Å². The molecule has 0 aromatic heterocycles. The molecule has 0 aliphatic heterocycles. The predicted octanol–water partition coefficient (Wildman–Crippen LogP) is 0.508. The van der Waals surface area contributed by atoms with Crippen LogP contribution in [0, 0.1) is 0 Å². The highest BCUT2D eigenvalue weighted by Crippen LogP contribution is 2.24. The molecule has 0 aliphatic rings. The number of rotatable bonds is 2. The molecule has 0 saturated heterocycles. The molecule has 0 spiro atoms. The zero-order valence-corrected chi connectivity index (χ0v) is 4.93. The minimum absolute atomic E-state index is 0.558. The predicted molar refractivity (Wildman–Crippen MR) is 28.0 cm³/mol. The minimum Gasteiger partial charge on any atom is -0.363 e. The molecule has 54 valence electrons. The van der Waals surface area contributed by atoms with Crippen molar-refractivity contribution in [2.45, 2.75) is 19.1 Å². The second kappa shape index (κ2) is 2.41. The molecule has 2 N–H and O–H groups in total. The molecule has 9 heavy (non-hydrogen) atoms. The summed E-state index contributed by atoms with van der Waals surface area (Å²) in [6.07, 6.45) is -2.64. The highest BCUT2D eigenvalue weighted by Gasteiger charge is 2.37. The molecule has 0 aromatic carbocycles. The van der Waals surface area contributed by atoms with Gasteiger partial charge in [-0.05, 0) is 12.5 Å². The van der Waals surface area contributed by atoms with E-state index in [1.807, 2.05) is 0 Å². The Hall–Kier alpha value is -0.480. The zero-order valence-electron chi connectivity index (χ0n) is 4.93. The van der Waals surface area contributed by atoms with Crippen LogP contribution < -0.4 is 0 Å². The van der Waals surface area contributed by atoms with E-state index in [2.05, 4.69) is 6.58 Å². The van der Waals surface area contributed by atoms with Crippen molar-refractivity contribution in [2.24, 2.45) is 0 Å². The average molecular weight is 138 g/mol. The summed E-state index contributed by atoms with van der Waals surface area (Å²) >= 11 is 0. The van der Waals surface area contributed by atoms with Gasteiger partial charge in [0.15, 0.2) is 0 Å². The summed E-state index contributed by atoms with van der Waals surface area (Å²) in [7, 11) is 0. The Labute approximate surface area is 51.4 Å².